The maximum absolute atomic E-state index is 13.6. The number of hydrogen-bond acceptors (Lipinski definition) is 3. The molecule has 3 nitrogen and oxygen atoms in total. The molecule has 0 spiro atoms. The highest BCUT2D eigenvalue weighted by Gasteiger charge is 2.26. The highest BCUT2D eigenvalue weighted by atomic mass is 35.5. The molecule has 0 bridgehead atoms. The van der Waals surface area contributed by atoms with Gasteiger partial charge in [0.05, 0.1) is 11.1 Å². The third kappa shape index (κ3) is 3.62. The van der Waals surface area contributed by atoms with E-state index in [4.69, 9.17) is 16.3 Å². The Labute approximate surface area is 124 Å². The van der Waals surface area contributed by atoms with Crippen molar-refractivity contribution >= 4 is 11.6 Å². The van der Waals surface area contributed by atoms with Gasteiger partial charge in [0.15, 0.2) is 0 Å². The average Bonchev–Trinajstić information content (AvgIpc) is 3.25. The van der Waals surface area contributed by atoms with Gasteiger partial charge in [0.1, 0.15) is 11.6 Å². The fourth-order valence-electron chi connectivity index (χ4n) is 2.50. The van der Waals surface area contributed by atoms with Crippen molar-refractivity contribution in [1.82, 2.24) is 10.2 Å². The first-order valence-electron chi connectivity index (χ1n) is 7.30. The van der Waals surface area contributed by atoms with E-state index in [1.807, 2.05) is 0 Å². The van der Waals surface area contributed by atoms with Gasteiger partial charge in [-0.25, -0.2) is 4.39 Å². The molecule has 1 aliphatic heterocycles. The largest absolute Gasteiger partial charge is 0.489 e. The molecule has 1 saturated heterocycles. The van der Waals surface area contributed by atoms with Gasteiger partial charge in [-0.3, -0.25) is 0 Å². The van der Waals surface area contributed by atoms with Crippen LogP contribution in [-0.4, -0.2) is 43.7 Å². The number of nitrogens with zero attached hydrogens (tertiary/aromatic N) is 1. The number of ether oxygens (including phenoxy) is 1. The zero-order valence-electron chi connectivity index (χ0n) is 11.5. The molecule has 110 valence electrons. The van der Waals surface area contributed by atoms with E-state index in [9.17, 15) is 4.39 Å². The fraction of sp³-hybridized carbons (Fsp3) is 0.600. The molecule has 1 saturated carbocycles. The van der Waals surface area contributed by atoms with Crippen molar-refractivity contribution < 1.29 is 9.13 Å². The molecule has 1 N–H and O–H groups in total. The van der Waals surface area contributed by atoms with E-state index >= 15 is 0 Å². The standard InChI is InChI=1S/C15H20ClFN2O/c16-14-10-12(17)9-11(15(14)20-13-1-2-13)3-6-19-7-4-18-5-8-19/h9-10,13,18H,1-8H2. The molecular weight excluding hydrogens is 279 g/mol. The Morgan fingerprint density at radius 2 is 2.05 bits per heavy atom. The van der Waals surface area contributed by atoms with E-state index in [2.05, 4.69) is 10.2 Å². The van der Waals surface area contributed by atoms with Crippen molar-refractivity contribution in [2.45, 2.75) is 25.4 Å². The SMILES string of the molecule is Fc1cc(Cl)c(OC2CC2)c(CCN2CCNCC2)c1. The van der Waals surface area contributed by atoms with Crippen molar-refractivity contribution in [1.29, 1.82) is 0 Å². The summed E-state index contributed by atoms with van der Waals surface area (Å²) in [6, 6.07) is 2.90. The minimum absolute atomic E-state index is 0.274. The van der Waals surface area contributed by atoms with E-state index in [-0.39, 0.29) is 11.9 Å². The maximum atomic E-state index is 13.6. The first-order chi connectivity index (χ1) is 9.72. The summed E-state index contributed by atoms with van der Waals surface area (Å²) in [6.45, 7) is 5.05. The lowest BCUT2D eigenvalue weighted by Gasteiger charge is -2.27. The van der Waals surface area contributed by atoms with Gasteiger partial charge in [0, 0.05) is 32.7 Å². The molecule has 0 radical (unpaired) electrons. The van der Waals surface area contributed by atoms with Gasteiger partial charge in [-0.2, -0.15) is 0 Å². The Bertz CT molecular complexity index is 473. The van der Waals surface area contributed by atoms with E-state index in [0.717, 1.165) is 57.5 Å². The van der Waals surface area contributed by atoms with Crippen LogP contribution >= 0.6 is 11.6 Å². The highest BCUT2D eigenvalue weighted by molar-refractivity contribution is 6.32. The summed E-state index contributed by atoms with van der Waals surface area (Å²) < 4.78 is 19.4. The molecule has 1 aromatic rings. The Hall–Kier alpha value is -0.840. The lowest BCUT2D eigenvalue weighted by atomic mass is 10.1. The van der Waals surface area contributed by atoms with Gasteiger partial charge >= 0.3 is 0 Å². The van der Waals surface area contributed by atoms with Gasteiger partial charge in [-0.15, -0.1) is 0 Å². The second-order valence-electron chi connectivity index (χ2n) is 5.53. The van der Waals surface area contributed by atoms with E-state index in [0.29, 0.717) is 10.8 Å². The second kappa shape index (κ2) is 6.29. The number of halogens is 2. The molecule has 2 aliphatic rings. The van der Waals surface area contributed by atoms with Crippen LogP contribution in [0.5, 0.6) is 5.75 Å². The van der Waals surface area contributed by atoms with E-state index in [1.165, 1.54) is 6.07 Å². The van der Waals surface area contributed by atoms with Crippen molar-refractivity contribution in [3.05, 3.63) is 28.5 Å². The number of piperazine rings is 1. The normalized spacial score (nSPS) is 20.1. The lowest BCUT2D eigenvalue weighted by molar-refractivity contribution is 0.241. The van der Waals surface area contributed by atoms with Crippen LogP contribution in [0.15, 0.2) is 12.1 Å². The van der Waals surface area contributed by atoms with Crippen LogP contribution in [0.3, 0.4) is 0 Å². The van der Waals surface area contributed by atoms with Gasteiger partial charge in [-0.05, 0) is 37.0 Å². The Morgan fingerprint density at radius 1 is 1.30 bits per heavy atom. The summed E-state index contributed by atoms with van der Waals surface area (Å²) in [4.78, 5) is 2.39. The van der Waals surface area contributed by atoms with E-state index in [1.54, 1.807) is 6.07 Å². The summed E-state index contributed by atoms with van der Waals surface area (Å²) in [6.07, 6.45) is 3.20. The topological polar surface area (TPSA) is 24.5 Å². The first kappa shape index (κ1) is 14.1. The van der Waals surface area contributed by atoms with Crippen LogP contribution in [0.25, 0.3) is 0 Å². The predicted octanol–water partition coefficient (Wildman–Crippen LogP) is 2.47. The van der Waals surface area contributed by atoms with Crippen LogP contribution in [0.2, 0.25) is 5.02 Å². The third-order valence-electron chi connectivity index (χ3n) is 3.80. The summed E-state index contributed by atoms with van der Waals surface area (Å²) in [5, 5.41) is 3.72. The molecule has 5 heteroatoms. The smallest absolute Gasteiger partial charge is 0.141 e. The first-order valence-corrected chi connectivity index (χ1v) is 7.68. The van der Waals surface area contributed by atoms with Gasteiger partial charge in [-0.1, -0.05) is 11.6 Å². The zero-order valence-corrected chi connectivity index (χ0v) is 12.3. The van der Waals surface area contributed by atoms with Gasteiger partial charge < -0.3 is 15.0 Å². The maximum Gasteiger partial charge on any atom is 0.141 e. The lowest BCUT2D eigenvalue weighted by Crippen LogP contribution is -2.44. The van der Waals surface area contributed by atoms with Crippen molar-refractivity contribution in [3.63, 3.8) is 0 Å². The number of nitrogens with one attached hydrogen (secondary N) is 1. The Morgan fingerprint density at radius 3 is 2.75 bits per heavy atom. The molecule has 20 heavy (non-hydrogen) atoms. The molecule has 0 aromatic heterocycles. The Balaban J connectivity index is 1.69. The highest BCUT2D eigenvalue weighted by Crippen LogP contribution is 2.35. The Kier molecular flexibility index (Phi) is 4.44. The summed E-state index contributed by atoms with van der Waals surface area (Å²) in [5.41, 5.74) is 0.889. The van der Waals surface area contributed by atoms with Crippen molar-refractivity contribution in [3.8, 4) is 5.75 Å². The van der Waals surface area contributed by atoms with Gasteiger partial charge in [0.25, 0.3) is 0 Å². The van der Waals surface area contributed by atoms with Crippen LogP contribution in [0.1, 0.15) is 18.4 Å². The second-order valence-corrected chi connectivity index (χ2v) is 5.94. The van der Waals surface area contributed by atoms with Crippen LogP contribution in [0.4, 0.5) is 4.39 Å². The molecule has 0 amide bonds. The van der Waals surface area contributed by atoms with Crippen LogP contribution in [0, 0.1) is 5.82 Å². The van der Waals surface area contributed by atoms with E-state index < -0.39 is 0 Å². The fourth-order valence-corrected chi connectivity index (χ4v) is 2.77. The molecule has 1 heterocycles. The number of benzene rings is 1. The molecule has 0 unspecified atom stereocenters. The molecule has 2 fully saturated rings. The van der Waals surface area contributed by atoms with Crippen molar-refractivity contribution in [2.75, 3.05) is 32.7 Å². The number of rotatable bonds is 5. The summed E-state index contributed by atoms with van der Waals surface area (Å²) >= 11 is 6.14. The third-order valence-corrected chi connectivity index (χ3v) is 4.08. The monoisotopic (exact) mass is 298 g/mol. The molecule has 3 rings (SSSR count). The van der Waals surface area contributed by atoms with Crippen LogP contribution in [-0.2, 0) is 6.42 Å². The molecular formula is C15H20ClFN2O. The molecule has 1 aromatic carbocycles. The molecule has 0 atom stereocenters. The number of hydrogen-bond donors (Lipinski definition) is 1. The minimum atomic E-state index is -0.284. The zero-order chi connectivity index (χ0) is 13.9. The summed E-state index contributed by atoms with van der Waals surface area (Å²) in [7, 11) is 0. The quantitative estimate of drug-likeness (QED) is 0.904. The average molecular weight is 299 g/mol. The summed E-state index contributed by atoms with van der Waals surface area (Å²) in [5.74, 6) is 0.402. The predicted molar refractivity (Wildman–Crippen MR) is 78.1 cm³/mol. The van der Waals surface area contributed by atoms with Gasteiger partial charge in [0.2, 0.25) is 0 Å². The molecule has 1 aliphatic carbocycles. The van der Waals surface area contributed by atoms with Crippen molar-refractivity contribution in [2.24, 2.45) is 0 Å². The van der Waals surface area contributed by atoms with Crippen LogP contribution < -0.4 is 10.1 Å². The minimum Gasteiger partial charge on any atom is -0.489 e.